The minimum absolute atomic E-state index is 0.102. The van der Waals surface area contributed by atoms with Gasteiger partial charge in [-0.3, -0.25) is 37.3 Å². The zero-order chi connectivity index (χ0) is 51.3. The highest BCUT2D eigenvalue weighted by Crippen LogP contribution is 2.45. The van der Waals surface area contributed by atoms with E-state index in [0.29, 0.717) is 25.7 Å². The van der Waals surface area contributed by atoms with Gasteiger partial charge in [0.15, 0.2) is 12.2 Å². The lowest BCUT2D eigenvalue weighted by atomic mass is 10.0. The van der Waals surface area contributed by atoms with Gasteiger partial charge in [-0.15, -0.1) is 0 Å². The Morgan fingerprint density at radius 3 is 0.913 bits per heavy atom. The zero-order valence-corrected chi connectivity index (χ0v) is 45.0. The molecule has 408 valence electrons. The van der Waals surface area contributed by atoms with Crippen LogP contribution in [0.3, 0.4) is 0 Å². The third kappa shape index (κ3) is 45.7. The molecule has 0 saturated heterocycles. The van der Waals surface area contributed by atoms with Crippen molar-refractivity contribution in [3.8, 4) is 0 Å². The van der Waals surface area contributed by atoms with Crippen molar-refractivity contribution < 1.29 is 80.2 Å². The first-order valence-corrected chi connectivity index (χ1v) is 29.8. The summed E-state index contributed by atoms with van der Waals surface area (Å²) in [6.45, 7) is 4.34. The number of rotatable bonds is 51. The smallest absolute Gasteiger partial charge is 0.462 e. The Hall–Kier alpha value is -1.94. The van der Waals surface area contributed by atoms with Gasteiger partial charge in [-0.05, 0) is 25.7 Å². The molecule has 0 fully saturated rings. The van der Waals surface area contributed by atoms with E-state index in [1.165, 1.54) is 77.0 Å². The first-order chi connectivity index (χ1) is 33.2. The van der Waals surface area contributed by atoms with Crippen molar-refractivity contribution in [2.45, 2.75) is 258 Å². The SMILES string of the molecule is CCCCCCCCCCCCCCC(=O)OC[C@H](COP(=O)(O)OC[C@@H](O)COP(=O)(O)OC[C@@H](COC(=O)CCC)OC(=O)CCCCCCCCCCC)OC(=O)CCCCCCCCC. The molecule has 0 aromatic carbocycles. The standard InChI is InChI=1S/C50H96O17P2/c1-5-9-12-15-18-20-21-22-24-26-28-31-35-48(53)61-41-46(67-50(55)36-32-29-25-17-14-11-7-3)43-65-69(58,59)63-39-44(51)38-62-68(56,57)64-42-45(40-60-47(52)34-8-4)66-49(54)37-33-30-27-23-19-16-13-10-6-2/h44-46,51H,5-43H2,1-4H3,(H,56,57)(H,58,59)/t44-,45+,46+/m0/s1. The van der Waals surface area contributed by atoms with Crippen molar-refractivity contribution in [3.05, 3.63) is 0 Å². The van der Waals surface area contributed by atoms with Crippen LogP contribution in [-0.2, 0) is 65.4 Å². The fraction of sp³-hybridized carbons (Fsp3) is 0.920. The van der Waals surface area contributed by atoms with Gasteiger partial charge in [0.2, 0.25) is 0 Å². The average molecular weight is 1030 g/mol. The molecule has 0 aliphatic rings. The van der Waals surface area contributed by atoms with Crippen LogP contribution < -0.4 is 0 Å². The van der Waals surface area contributed by atoms with Crippen LogP contribution in [0.4, 0.5) is 0 Å². The third-order valence-electron chi connectivity index (χ3n) is 11.3. The fourth-order valence-electron chi connectivity index (χ4n) is 7.20. The highest BCUT2D eigenvalue weighted by molar-refractivity contribution is 7.47. The predicted molar refractivity (Wildman–Crippen MR) is 266 cm³/mol. The largest absolute Gasteiger partial charge is 0.472 e. The van der Waals surface area contributed by atoms with Gasteiger partial charge in [0, 0.05) is 25.7 Å². The van der Waals surface area contributed by atoms with Gasteiger partial charge in [0.1, 0.15) is 19.3 Å². The number of unbranched alkanes of at least 4 members (excludes halogenated alkanes) is 25. The van der Waals surface area contributed by atoms with Crippen molar-refractivity contribution in [2.24, 2.45) is 0 Å². The summed E-state index contributed by atoms with van der Waals surface area (Å²) in [5.74, 6) is -2.22. The van der Waals surface area contributed by atoms with Crippen LogP contribution in [0, 0.1) is 0 Å². The quantitative estimate of drug-likeness (QED) is 0.0222. The molecule has 0 aromatic heterocycles. The Morgan fingerprint density at radius 1 is 0.348 bits per heavy atom. The number of hydrogen-bond acceptors (Lipinski definition) is 15. The molecular formula is C50H96O17P2. The molecular weight excluding hydrogens is 934 g/mol. The van der Waals surface area contributed by atoms with E-state index in [1.807, 2.05) is 0 Å². The maximum atomic E-state index is 12.8. The van der Waals surface area contributed by atoms with E-state index in [2.05, 4.69) is 20.8 Å². The van der Waals surface area contributed by atoms with E-state index >= 15 is 0 Å². The molecule has 0 aliphatic heterocycles. The zero-order valence-electron chi connectivity index (χ0n) is 43.3. The Labute approximate surface area is 416 Å². The number of esters is 4. The van der Waals surface area contributed by atoms with Crippen molar-refractivity contribution in [1.29, 1.82) is 0 Å². The summed E-state index contributed by atoms with van der Waals surface area (Å²) in [7, 11) is -9.82. The van der Waals surface area contributed by atoms with Crippen molar-refractivity contribution in [3.63, 3.8) is 0 Å². The number of carbonyl (C=O) groups is 4. The highest BCUT2D eigenvalue weighted by atomic mass is 31.2. The number of aliphatic hydroxyl groups is 1. The predicted octanol–water partition coefficient (Wildman–Crippen LogP) is 12.5. The molecule has 0 spiro atoms. The van der Waals surface area contributed by atoms with E-state index < -0.39 is 97.5 Å². The van der Waals surface area contributed by atoms with E-state index in [1.54, 1.807) is 6.92 Å². The molecule has 0 radical (unpaired) electrons. The van der Waals surface area contributed by atoms with Crippen molar-refractivity contribution in [1.82, 2.24) is 0 Å². The molecule has 0 rings (SSSR count). The summed E-state index contributed by atoms with van der Waals surface area (Å²) in [4.78, 5) is 70.5. The van der Waals surface area contributed by atoms with Crippen LogP contribution in [0.1, 0.15) is 240 Å². The fourth-order valence-corrected chi connectivity index (χ4v) is 8.78. The van der Waals surface area contributed by atoms with Crippen LogP contribution in [0.5, 0.6) is 0 Å². The van der Waals surface area contributed by atoms with Gasteiger partial charge < -0.3 is 33.8 Å². The van der Waals surface area contributed by atoms with Gasteiger partial charge in [-0.2, -0.15) is 0 Å². The maximum absolute atomic E-state index is 12.8. The highest BCUT2D eigenvalue weighted by Gasteiger charge is 2.30. The molecule has 69 heavy (non-hydrogen) atoms. The lowest BCUT2D eigenvalue weighted by molar-refractivity contribution is -0.161. The first kappa shape index (κ1) is 67.1. The first-order valence-electron chi connectivity index (χ1n) is 26.8. The Morgan fingerprint density at radius 2 is 0.609 bits per heavy atom. The van der Waals surface area contributed by atoms with Gasteiger partial charge in [0.25, 0.3) is 0 Å². The second kappa shape index (κ2) is 45.9. The topological polar surface area (TPSA) is 237 Å². The molecule has 0 saturated carbocycles. The summed E-state index contributed by atoms with van der Waals surface area (Å²) in [5.41, 5.74) is 0. The maximum Gasteiger partial charge on any atom is 0.472 e. The van der Waals surface area contributed by atoms with Crippen molar-refractivity contribution >= 4 is 39.5 Å². The summed E-state index contributed by atoms with van der Waals surface area (Å²) in [5, 5.41) is 10.4. The minimum atomic E-state index is -4.92. The van der Waals surface area contributed by atoms with E-state index in [9.17, 15) is 43.2 Å². The van der Waals surface area contributed by atoms with Gasteiger partial charge in [0.05, 0.1) is 26.4 Å². The third-order valence-corrected chi connectivity index (χ3v) is 13.2. The van der Waals surface area contributed by atoms with Crippen LogP contribution in [0.25, 0.3) is 0 Å². The average Bonchev–Trinajstić information content (AvgIpc) is 3.31. The molecule has 3 N–H and O–H groups in total. The molecule has 2 unspecified atom stereocenters. The van der Waals surface area contributed by atoms with Gasteiger partial charge in [-0.25, -0.2) is 9.13 Å². The number of ether oxygens (including phenoxy) is 4. The number of carbonyl (C=O) groups excluding carboxylic acids is 4. The summed E-state index contributed by atoms with van der Waals surface area (Å²) < 4.78 is 66.6. The summed E-state index contributed by atoms with van der Waals surface area (Å²) in [6, 6.07) is 0. The lowest BCUT2D eigenvalue weighted by Gasteiger charge is -2.21. The van der Waals surface area contributed by atoms with E-state index in [4.69, 9.17) is 37.0 Å². The van der Waals surface area contributed by atoms with Crippen LogP contribution in [0.15, 0.2) is 0 Å². The molecule has 0 heterocycles. The molecule has 0 aromatic rings. The normalized spacial score (nSPS) is 14.6. The molecule has 0 bridgehead atoms. The van der Waals surface area contributed by atoms with Gasteiger partial charge >= 0.3 is 39.5 Å². The Bertz CT molecular complexity index is 1370. The van der Waals surface area contributed by atoms with Crippen LogP contribution >= 0.6 is 15.6 Å². The summed E-state index contributed by atoms with van der Waals surface area (Å²) in [6.07, 6.45) is 27.0. The second-order valence-electron chi connectivity index (χ2n) is 18.2. The number of phosphoric acid groups is 2. The minimum Gasteiger partial charge on any atom is -0.462 e. The van der Waals surface area contributed by atoms with Gasteiger partial charge in [-0.1, -0.05) is 188 Å². The Balaban J connectivity index is 5.01. The lowest BCUT2D eigenvalue weighted by Crippen LogP contribution is -2.30. The molecule has 19 heteroatoms. The monoisotopic (exact) mass is 1030 g/mol. The number of hydrogen-bond donors (Lipinski definition) is 3. The second-order valence-corrected chi connectivity index (χ2v) is 21.1. The molecule has 17 nitrogen and oxygen atoms in total. The number of aliphatic hydroxyl groups excluding tert-OH is 1. The van der Waals surface area contributed by atoms with E-state index in [0.717, 1.165) is 83.5 Å². The Kier molecular flexibility index (Phi) is 44.6. The number of phosphoric ester groups is 2. The summed E-state index contributed by atoms with van der Waals surface area (Å²) >= 11 is 0. The molecule has 0 amide bonds. The van der Waals surface area contributed by atoms with Crippen LogP contribution in [-0.4, -0.2) is 96.7 Å². The molecule has 0 aliphatic carbocycles. The van der Waals surface area contributed by atoms with Crippen LogP contribution in [0.2, 0.25) is 0 Å². The van der Waals surface area contributed by atoms with Crippen molar-refractivity contribution in [2.75, 3.05) is 39.6 Å². The molecule has 5 atom stereocenters. The van der Waals surface area contributed by atoms with E-state index in [-0.39, 0.29) is 25.7 Å².